The molecule has 2 aliphatic rings. The molecule has 2 aromatic rings. The summed E-state index contributed by atoms with van der Waals surface area (Å²) in [4.78, 5) is 4.56. The minimum atomic E-state index is 0. The second-order valence-electron chi connectivity index (χ2n) is 5.94. The molecule has 3 heterocycles. The molecule has 0 aliphatic carbocycles. The largest absolute Gasteiger partial charge is 0.457 e. The Bertz CT molecular complexity index is 696. The van der Waals surface area contributed by atoms with Gasteiger partial charge in [0, 0.05) is 38.3 Å². The molecule has 1 saturated heterocycles. The molecule has 22 heavy (non-hydrogen) atoms. The van der Waals surface area contributed by atoms with Gasteiger partial charge in [-0.15, -0.1) is 24.3 Å². The van der Waals surface area contributed by atoms with Crippen molar-refractivity contribution in [2.45, 2.75) is 13.6 Å². The molecule has 1 aromatic carbocycles. The van der Waals surface area contributed by atoms with Crippen LogP contribution in [0.15, 0.2) is 30.6 Å². The molecular formula is C13H17B3IrN5-. The van der Waals surface area contributed by atoms with Crippen molar-refractivity contribution in [3.8, 4) is 11.4 Å². The van der Waals surface area contributed by atoms with E-state index in [4.69, 9.17) is 0 Å². The quantitative estimate of drug-likeness (QED) is 0.428. The van der Waals surface area contributed by atoms with E-state index in [1.165, 1.54) is 5.69 Å². The number of anilines is 1. The Labute approximate surface area is 146 Å². The predicted molar refractivity (Wildman–Crippen MR) is 88.9 cm³/mol. The Hall–Kier alpha value is -1.01. The van der Waals surface area contributed by atoms with Gasteiger partial charge in [0.1, 0.15) is 0 Å². The van der Waals surface area contributed by atoms with Gasteiger partial charge in [-0.3, -0.25) is 4.98 Å². The summed E-state index contributed by atoms with van der Waals surface area (Å²) in [5, 5.41) is 0. The third-order valence-corrected chi connectivity index (χ3v) is 5.04. The van der Waals surface area contributed by atoms with Crippen LogP contribution in [0.4, 0.5) is 5.69 Å². The first-order valence-electron chi connectivity index (χ1n) is 7.37. The molecule has 0 amide bonds. The van der Waals surface area contributed by atoms with Crippen molar-refractivity contribution < 1.29 is 20.1 Å². The molecule has 0 unspecified atom stereocenters. The fourth-order valence-corrected chi connectivity index (χ4v) is 3.55. The Kier molecular flexibility index (Phi) is 4.02. The van der Waals surface area contributed by atoms with Crippen LogP contribution in [0.1, 0.15) is 0 Å². The minimum Gasteiger partial charge on any atom is -0.457 e. The zero-order valence-corrected chi connectivity index (χ0v) is 15.6. The zero-order valence-electron chi connectivity index (χ0n) is 13.2. The van der Waals surface area contributed by atoms with Gasteiger partial charge in [0.2, 0.25) is 0 Å². The molecule has 1 radical (unpaired) electrons. The van der Waals surface area contributed by atoms with Crippen LogP contribution in [0, 0.1) is 6.07 Å². The maximum absolute atomic E-state index is 4.56. The van der Waals surface area contributed by atoms with Crippen molar-refractivity contribution in [2.24, 2.45) is 0 Å². The molecule has 0 bridgehead atoms. The van der Waals surface area contributed by atoms with Gasteiger partial charge in [-0.05, 0) is 14.1 Å². The molecule has 2 aliphatic heterocycles. The van der Waals surface area contributed by atoms with Gasteiger partial charge < -0.3 is 18.6 Å². The van der Waals surface area contributed by atoms with E-state index in [1.807, 2.05) is 12.3 Å². The van der Waals surface area contributed by atoms with E-state index in [2.05, 4.69) is 75.8 Å². The second kappa shape index (κ2) is 5.57. The first-order chi connectivity index (χ1) is 10.1. The smallest absolute Gasteiger partial charge is 0.435 e. The van der Waals surface area contributed by atoms with E-state index < -0.39 is 0 Å². The Morgan fingerprint density at radius 3 is 2.68 bits per heavy atom. The topological polar surface area (TPSA) is 27.5 Å². The average Bonchev–Trinajstić information content (AvgIpc) is 2.99. The van der Waals surface area contributed by atoms with E-state index >= 15 is 0 Å². The number of fused-ring (bicyclic) bond motifs is 6. The Morgan fingerprint density at radius 2 is 1.91 bits per heavy atom. The molecule has 0 atom stereocenters. The molecule has 5 nitrogen and oxygen atoms in total. The van der Waals surface area contributed by atoms with Gasteiger partial charge >= 0.3 is 14.1 Å². The van der Waals surface area contributed by atoms with Gasteiger partial charge in [0.05, 0.1) is 0 Å². The molecule has 1 fully saturated rings. The van der Waals surface area contributed by atoms with Crippen LogP contribution in [-0.4, -0.2) is 54.1 Å². The van der Waals surface area contributed by atoms with E-state index in [0.717, 1.165) is 11.4 Å². The normalized spacial score (nSPS) is 17.8. The van der Waals surface area contributed by atoms with Gasteiger partial charge in [-0.1, -0.05) is 24.9 Å². The summed E-state index contributed by atoms with van der Waals surface area (Å²) in [5.41, 5.74) is 2.29. The number of hydrogen-bond donors (Lipinski definition) is 0. The van der Waals surface area contributed by atoms with Gasteiger partial charge in [-0.25, -0.2) is 0 Å². The molecule has 0 saturated carbocycles. The van der Waals surface area contributed by atoms with Crippen LogP contribution in [0.2, 0.25) is 13.6 Å². The summed E-state index contributed by atoms with van der Waals surface area (Å²) in [5.74, 6) is 1.00. The number of rotatable bonds is 0. The van der Waals surface area contributed by atoms with Crippen molar-refractivity contribution in [2.75, 3.05) is 18.8 Å². The van der Waals surface area contributed by atoms with Crippen molar-refractivity contribution >= 4 is 26.8 Å². The van der Waals surface area contributed by atoms with E-state index in [0.29, 0.717) is 14.0 Å². The van der Waals surface area contributed by atoms with Crippen molar-refractivity contribution in [1.29, 1.82) is 0 Å². The van der Waals surface area contributed by atoms with E-state index in [1.54, 1.807) is 0 Å². The van der Waals surface area contributed by atoms with Gasteiger partial charge in [0.25, 0.3) is 6.98 Å². The summed E-state index contributed by atoms with van der Waals surface area (Å²) in [7, 11) is 4.51. The summed E-state index contributed by atoms with van der Waals surface area (Å²) in [6, 6.07) is 9.55. The average molecular weight is 468 g/mol. The predicted octanol–water partition coefficient (Wildman–Crippen LogP) is 1.11. The molecule has 4 rings (SSSR count). The Morgan fingerprint density at radius 1 is 1.14 bits per heavy atom. The summed E-state index contributed by atoms with van der Waals surface area (Å²) in [6.45, 7) is 5.18. The van der Waals surface area contributed by atoms with Crippen LogP contribution < -0.4 is 4.72 Å². The first-order valence-corrected chi connectivity index (χ1v) is 7.37. The third kappa shape index (κ3) is 1.96. The maximum atomic E-state index is 4.56. The van der Waals surface area contributed by atoms with Gasteiger partial charge in [-0.2, -0.15) is 0 Å². The van der Waals surface area contributed by atoms with Crippen LogP contribution in [0.3, 0.4) is 0 Å². The number of nitrogens with zero attached hydrogens (tertiary/aromatic N) is 5. The van der Waals surface area contributed by atoms with Crippen LogP contribution in [0.25, 0.3) is 11.4 Å². The molecule has 113 valence electrons. The monoisotopic (exact) mass is 469 g/mol. The SMILES string of the molecule is CB1N(C)B(C)N2B(N1C)n1ccnc1-c1[c-]cccc12.[Ir]. The Balaban J connectivity index is 0.00000144. The van der Waals surface area contributed by atoms with Crippen molar-refractivity contribution in [3.63, 3.8) is 0 Å². The van der Waals surface area contributed by atoms with Crippen molar-refractivity contribution in [1.82, 2.24) is 18.9 Å². The third-order valence-electron chi connectivity index (χ3n) is 5.04. The van der Waals surface area contributed by atoms with Crippen molar-refractivity contribution in [3.05, 3.63) is 36.7 Å². The summed E-state index contributed by atoms with van der Waals surface area (Å²) in [6.07, 6.45) is 3.95. The number of aromatic nitrogens is 2. The van der Waals surface area contributed by atoms with Crippen LogP contribution >= 0.6 is 0 Å². The second-order valence-corrected chi connectivity index (χ2v) is 5.94. The van der Waals surface area contributed by atoms with E-state index in [9.17, 15) is 0 Å². The maximum Gasteiger partial charge on any atom is 0.435 e. The van der Waals surface area contributed by atoms with E-state index in [-0.39, 0.29) is 27.2 Å². The molecule has 0 N–H and O–H groups in total. The fourth-order valence-electron chi connectivity index (χ4n) is 3.55. The first kappa shape index (κ1) is 15.9. The molecule has 9 heteroatoms. The minimum absolute atomic E-state index is 0. The molecule has 1 aromatic heterocycles. The van der Waals surface area contributed by atoms with Crippen LogP contribution in [0.5, 0.6) is 0 Å². The van der Waals surface area contributed by atoms with Gasteiger partial charge in [0.15, 0.2) is 0 Å². The molecule has 0 spiro atoms. The molecular weight excluding hydrogens is 451 g/mol. The number of hydrogen-bond acceptors (Lipinski definition) is 4. The zero-order chi connectivity index (χ0) is 14.7. The fraction of sp³-hybridized carbons (Fsp3) is 0.308. The number of benzene rings is 1. The standard InChI is InChI=1S/C13H17B3N5.Ir/c1-14-18(3)15(2)21-12-8-6-5-7-11(12)13-17-9-10-20(13)16(21)19(14)4;/h5-6,8-10H,1-4H3;/q-1;. The van der Waals surface area contributed by atoms with Crippen LogP contribution in [-0.2, 0) is 20.1 Å². The summed E-state index contributed by atoms with van der Waals surface area (Å²) >= 11 is 0. The summed E-state index contributed by atoms with van der Waals surface area (Å²) < 4.78 is 9.45. The number of imidazole rings is 1.